The number of aryl methyl sites for hydroxylation is 1. The van der Waals surface area contributed by atoms with Gasteiger partial charge in [0, 0.05) is 17.2 Å². The number of benzene rings is 2. The van der Waals surface area contributed by atoms with Gasteiger partial charge in [0.05, 0.1) is 11.0 Å². The number of nitrogens with zero attached hydrogens (tertiary/aromatic N) is 1. The van der Waals surface area contributed by atoms with E-state index in [0.29, 0.717) is 11.1 Å². The Balaban J connectivity index is 2.18. The first-order valence-electron chi connectivity index (χ1n) is 7.13. The number of hydrogen-bond donors (Lipinski definition) is 1. The Morgan fingerprint density at radius 2 is 1.91 bits per heavy atom. The molecular formula is C17H18N2O3. The van der Waals surface area contributed by atoms with Gasteiger partial charge in [-0.2, -0.15) is 0 Å². The smallest absolute Gasteiger partial charge is 0.272 e. The van der Waals surface area contributed by atoms with Gasteiger partial charge in [-0.25, -0.2) is 0 Å². The highest BCUT2D eigenvalue weighted by atomic mass is 16.6. The molecule has 2 rings (SSSR count). The van der Waals surface area contributed by atoms with E-state index in [0.717, 1.165) is 12.0 Å². The van der Waals surface area contributed by atoms with Gasteiger partial charge in [-0.3, -0.25) is 14.9 Å². The van der Waals surface area contributed by atoms with Crippen LogP contribution in [0.2, 0.25) is 0 Å². The van der Waals surface area contributed by atoms with Gasteiger partial charge in [0.2, 0.25) is 0 Å². The summed E-state index contributed by atoms with van der Waals surface area (Å²) in [5.41, 5.74) is 1.96. The molecule has 0 saturated heterocycles. The Morgan fingerprint density at radius 3 is 2.45 bits per heavy atom. The molecule has 5 heteroatoms. The number of hydrogen-bond acceptors (Lipinski definition) is 3. The molecule has 1 atom stereocenters. The van der Waals surface area contributed by atoms with Crippen LogP contribution < -0.4 is 5.32 Å². The van der Waals surface area contributed by atoms with Crippen LogP contribution in [0.4, 0.5) is 5.69 Å². The molecule has 2 aromatic carbocycles. The minimum atomic E-state index is -0.449. The van der Waals surface area contributed by atoms with Gasteiger partial charge in [0.1, 0.15) is 0 Å². The van der Waals surface area contributed by atoms with Crippen molar-refractivity contribution in [3.63, 3.8) is 0 Å². The predicted octanol–water partition coefficient (Wildman–Crippen LogP) is 3.78. The van der Waals surface area contributed by atoms with Crippen molar-refractivity contribution < 1.29 is 9.72 Å². The molecule has 2 aromatic rings. The lowest BCUT2D eigenvalue weighted by Gasteiger charge is -2.17. The molecule has 0 aliphatic carbocycles. The first-order chi connectivity index (χ1) is 10.5. The minimum absolute atomic E-state index is 0.0200. The predicted molar refractivity (Wildman–Crippen MR) is 84.8 cm³/mol. The van der Waals surface area contributed by atoms with E-state index in [4.69, 9.17) is 0 Å². The Morgan fingerprint density at radius 1 is 1.23 bits per heavy atom. The number of amides is 1. The fourth-order valence-electron chi connectivity index (χ4n) is 2.35. The molecule has 0 saturated carbocycles. The zero-order chi connectivity index (χ0) is 16.1. The summed E-state index contributed by atoms with van der Waals surface area (Å²) >= 11 is 0. The molecule has 114 valence electrons. The SMILES string of the molecule is CCC(NC(=O)c1ccc([N+](=O)[O-])c(C)c1)c1ccccc1. The molecule has 22 heavy (non-hydrogen) atoms. The average molecular weight is 298 g/mol. The quantitative estimate of drug-likeness (QED) is 0.674. The van der Waals surface area contributed by atoms with Crippen LogP contribution >= 0.6 is 0 Å². The Labute approximate surface area is 129 Å². The highest BCUT2D eigenvalue weighted by Gasteiger charge is 2.17. The monoisotopic (exact) mass is 298 g/mol. The third-order valence-corrected chi connectivity index (χ3v) is 3.57. The largest absolute Gasteiger partial charge is 0.345 e. The molecular weight excluding hydrogens is 280 g/mol. The van der Waals surface area contributed by atoms with Crippen LogP contribution in [0.3, 0.4) is 0 Å². The molecule has 0 aromatic heterocycles. The van der Waals surface area contributed by atoms with E-state index in [1.54, 1.807) is 13.0 Å². The first kappa shape index (κ1) is 15.7. The van der Waals surface area contributed by atoms with E-state index in [9.17, 15) is 14.9 Å². The average Bonchev–Trinajstić information content (AvgIpc) is 2.52. The van der Waals surface area contributed by atoms with E-state index >= 15 is 0 Å². The van der Waals surface area contributed by atoms with Crippen LogP contribution in [0, 0.1) is 17.0 Å². The lowest BCUT2D eigenvalue weighted by atomic mass is 10.0. The van der Waals surface area contributed by atoms with Crippen LogP contribution in [0.5, 0.6) is 0 Å². The summed E-state index contributed by atoms with van der Waals surface area (Å²) in [4.78, 5) is 22.7. The molecule has 0 heterocycles. The number of nitrogens with one attached hydrogen (secondary N) is 1. The molecule has 1 amide bonds. The summed E-state index contributed by atoms with van der Waals surface area (Å²) in [6, 6.07) is 14.0. The van der Waals surface area contributed by atoms with Crippen molar-refractivity contribution in [2.75, 3.05) is 0 Å². The zero-order valence-corrected chi connectivity index (χ0v) is 12.6. The molecule has 0 bridgehead atoms. The van der Waals surface area contributed by atoms with Crippen molar-refractivity contribution in [2.45, 2.75) is 26.3 Å². The number of rotatable bonds is 5. The summed E-state index contributed by atoms with van der Waals surface area (Å²) in [7, 11) is 0. The minimum Gasteiger partial charge on any atom is -0.345 e. The van der Waals surface area contributed by atoms with Gasteiger partial charge in [-0.05, 0) is 31.0 Å². The highest BCUT2D eigenvalue weighted by molar-refractivity contribution is 5.95. The maximum absolute atomic E-state index is 12.3. The maximum Gasteiger partial charge on any atom is 0.272 e. The molecule has 5 nitrogen and oxygen atoms in total. The molecule has 0 radical (unpaired) electrons. The van der Waals surface area contributed by atoms with Gasteiger partial charge in [-0.15, -0.1) is 0 Å². The van der Waals surface area contributed by atoms with Gasteiger partial charge >= 0.3 is 0 Å². The van der Waals surface area contributed by atoms with E-state index in [2.05, 4.69) is 5.32 Å². The highest BCUT2D eigenvalue weighted by Crippen LogP contribution is 2.20. The summed E-state index contributed by atoms with van der Waals surface area (Å²) < 4.78 is 0. The Hall–Kier alpha value is -2.69. The fourth-order valence-corrected chi connectivity index (χ4v) is 2.35. The van der Waals surface area contributed by atoms with Crippen LogP contribution in [0.25, 0.3) is 0 Å². The lowest BCUT2D eigenvalue weighted by Crippen LogP contribution is -2.28. The van der Waals surface area contributed by atoms with Crippen molar-refractivity contribution in [1.29, 1.82) is 0 Å². The molecule has 0 aliphatic heterocycles. The number of carbonyl (C=O) groups excluding carboxylic acids is 1. The van der Waals surface area contributed by atoms with Crippen molar-refractivity contribution >= 4 is 11.6 Å². The summed E-state index contributed by atoms with van der Waals surface area (Å²) in [5.74, 6) is -0.228. The van der Waals surface area contributed by atoms with Crippen LogP contribution in [-0.2, 0) is 0 Å². The van der Waals surface area contributed by atoms with Gasteiger partial charge in [0.15, 0.2) is 0 Å². The van der Waals surface area contributed by atoms with Crippen molar-refractivity contribution in [1.82, 2.24) is 5.32 Å². The second-order valence-electron chi connectivity index (χ2n) is 5.10. The molecule has 1 unspecified atom stereocenters. The van der Waals surface area contributed by atoms with Gasteiger partial charge in [-0.1, -0.05) is 37.3 Å². The van der Waals surface area contributed by atoms with Crippen molar-refractivity contribution in [3.05, 3.63) is 75.3 Å². The van der Waals surface area contributed by atoms with Crippen LogP contribution in [0.15, 0.2) is 48.5 Å². The number of nitro benzene ring substituents is 1. The molecule has 0 aliphatic rings. The van der Waals surface area contributed by atoms with Crippen molar-refractivity contribution in [3.8, 4) is 0 Å². The molecule has 1 N–H and O–H groups in total. The Kier molecular flexibility index (Phi) is 4.88. The number of nitro groups is 1. The van der Waals surface area contributed by atoms with E-state index in [1.165, 1.54) is 12.1 Å². The van der Waals surface area contributed by atoms with E-state index in [-0.39, 0.29) is 17.6 Å². The maximum atomic E-state index is 12.3. The van der Waals surface area contributed by atoms with Crippen molar-refractivity contribution in [2.24, 2.45) is 0 Å². The molecule has 0 spiro atoms. The summed E-state index contributed by atoms with van der Waals surface area (Å²) in [6.07, 6.45) is 0.766. The normalized spacial score (nSPS) is 11.7. The second-order valence-corrected chi connectivity index (χ2v) is 5.10. The second kappa shape index (κ2) is 6.85. The molecule has 0 fully saturated rings. The third-order valence-electron chi connectivity index (χ3n) is 3.57. The lowest BCUT2D eigenvalue weighted by molar-refractivity contribution is -0.385. The fraction of sp³-hybridized carbons (Fsp3) is 0.235. The van der Waals surface area contributed by atoms with Gasteiger partial charge < -0.3 is 5.32 Å². The van der Waals surface area contributed by atoms with E-state index < -0.39 is 4.92 Å². The van der Waals surface area contributed by atoms with Crippen LogP contribution in [-0.4, -0.2) is 10.8 Å². The first-order valence-corrected chi connectivity index (χ1v) is 7.13. The summed E-state index contributed by atoms with van der Waals surface area (Å²) in [6.45, 7) is 3.63. The standard InChI is InChI=1S/C17H18N2O3/c1-3-15(13-7-5-4-6-8-13)18-17(20)14-9-10-16(19(21)22)12(2)11-14/h4-11,15H,3H2,1-2H3,(H,18,20). The van der Waals surface area contributed by atoms with Crippen LogP contribution in [0.1, 0.15) is 40.9 Å². The van der Waals surface area contributed by atoms with Gasteiger partial charge in [0.25, 0.3) is 11.6 Å². The topological polar surface area (TPSA) is 72.2 Å². The Bertz CT molecular complexity index is 684. The summed E-state index contributed by atoms with van der Waals surface area (Å²) in [5, 5.41) is 13.8. The zero-order valence-electron chi connectivity index (χ0n) is 12.6. The third kappa shape index (κ3) is 3.49. The van der Waals surface area contributed by atoms with E-state index in [1.807, 2.05) is 37.3 Å². The number of carbonyl (C=O) groups is 1.